The molecule has 0 saturated carbocycles. The van der Waals surface area contributed by atoms with Crippen LogP contribution in [0.5, 0.6) is 0 Å². The highest BCUT2D eigenvalue weighted by Crippen LogP contribution is 2.20. The smallest absolute Gasteiger partial charge is 0.308 e. The molecule has 5 nitrogen and oxygen atoms in total. The van der Waals surface area contributed by atoms with Gasteiger partial charge in [0.1, 0.15) is 0 Å². The van der Waals surface area contributed by atoms with Gasteiger partial charge in [-0.1, -0.05) is 39.8 Å². The Morgan fingerprint density at radius 3 is 1.91 bits per heavy atom. The van der Waals surface area contributed by atoms with Crippen LogP contribution < -0.4 is 0 Å². The highest BCUT2D eigenvalue weighted by molar-refractivity contribution is 7.85. The van der Waals surface area contributed by atoms with E-state index in [9.17, 15) is 13.2 Å². The van der Waals surface area contributed by atoms with Crippen molar-refractivity contribution in [2.24, 2.45) is 5.92 Å². The van der Waals surface area contributed by atoms with Crippen LogP contribution in [0.1, 0.15) is 52.0 Å². The van der Waals surface area contributed by atoms with Gasteiger partial charge in [0.05, 0.1) is 17.9 Å². The second-order valence-electron chi connectivity index (χ2n) is 5.19. The third kappa shape index (κ3) is 7.04. The molecule has 126 valence electrons. The van der Waals surface area contributed by atoms with Crippen molar-refractivity contribution in [3.8, 4) is 0 Å². The molecule has 0 saturated heterocycles. The van der Waals surface area contributed by atoms with Crippen LogP contribution in [-0.4, -0.2) is 26.0 Å². The number of carbonyl (C=O) groups is 1. The van der Waals surface area contributed by atoms with Crippen molar-refractivity contribution in [1.82, 2.24) is 0 Å². The molecule has 0 bridgehead atoms. The fourth-order valence-electron chi connectivity index (χ4n) is 1.57. The van der Waals surface area contributed by atoms with Gasteiger partial charge in [-0.2, -0.15) is 8.42 Å². The van der Waals surface area contributed by atoms with Crippen LogP contribution in [0.25, 0.3) is 0 Å². The van der Waals surface area contributed by atoms with E-state index >= 15 is 0 Å². The number of carbonyl (C=O) groups excluding carboxylic acids is 1. The van der Waals surface area contributed by atoms with Crippen LogP contribution in [0.15, 0.2) is 29.2 Å². The minimum atomic E-state index is -4.05. The second kappa shape index (κ2) is 9.58. The summed E-state index contributed by atoms with van der Waals surface area (Å²) < 4.78 is 34.7. The van der Waals surface area contributed by atoms with Gasteiger partial charge in [-0.05, 0) is 36.5 Å². The Morgan fingerprint density at radius 2 is 1.64 bits per heavy atom. The SMILES string of the molecule is CCC(C)C(=O)OC.CCC(C)c1ccc(S(=O)(=O)O)cc1. The molecule has 0 amide bonds. The summed E-state index contributed by atoms with van der Waals surface area (Å²) in [4.78, 5) is 10.5. The second-order valence-corrected chi connectivity index (χ2v) is 6.61. The summed E-state index contributed by atoms with van der Waals surface area (Å²) in [6.07, 6.45) is 1.86. The average molecular weight is 330 g/mol. The lowest BCUT2D eigenvalue weighted by atomic mass is 9.99. The molecule has 2 unspecified atom stereocenters. The van der Waals surface area contributed by atoms with Gasteiger partial charge in [-0.15, -0.1) is 0 Å². The normalized spacial score (nSPS) is 13.5. The predicted molar refractivity (Wildman–Crippen MR) is 86.4 cm³/mol. The molecule has 2 atom stereocenters. The molecular weight excluding hydrogens is 304 g/mol. The first kappa shape index (κ1) is 20.6. The predicted octanol–water partition coefficient (Wildman–Crippen LogP) is 3.65. The zero-order valence-electron chi connectivity index (χ0n) is 13.9. The molecule has 6 heteroatoms. The van der Waals surface area contributed by atoms with Crippen LogP contribution in [0.4, 0.5) is 0 Å². The first-order chi connectivity index (χ1) is 10.2. The van der Waals surface area contributed by atoms with Crippen LogP contribution in [0.2, 0.25) is 0 Å². The fraction of sp³-hybridized carbons (Fsp3) is 0.562. The summed E-state index contributed by atoms with van der Waals surface area (Å²) in [6.45, 7) is 7.96. The number of benzene rings is 1. The van der Waals surface area contributed by atoms with Gasteiger partial charge < -0.3 is 4.74 Å². The van der Waals surface area contributed by atoms with E-state index in [2.05, 4.69) is 18.6 Å². The van der Waals surface area contributed by atoms with Crippen LogP contribution in [-0.2, 0) is 19.6 Å². The average Bonchev–Trinajstić information content (AvgIpc) is 2.52. The van der Waals surface area contributed by atoms with E-state index in [0.29, 0.717) is 5.92 Å². The molecule has 0 aliphatic rings. The van der Waals surface area contributed by atoms with E-state index in [0.717, 1.165) is 18.4 Å². The molecular formula is C16H26O5S. The lowest BCUT2D eigenvalue weighted by Crippen LogP contribution is -2.10. The molecule has 0 aromatic heterocycles. The Hall–Kier alpha value is -1.40. The molecule has 22 heavy (non-hydrogen) atoms. The Balaban J connectivity index is 0.000000472. The van der Waals surface area contributed by atoms with Crippen molar-refractivity contribution in [3.63, 3.8) is 0 Å². The Morgan fingerprint density at radius 1 is 1.14 bits per heavy atom. The Labute approximate surface area is 133 Å². The number of methoxy groups -OCH3 is 1. The third-order valence-electron chi connectivity index (χ3n) is 3.58. The first-order valence-corrected chi connectivity index (χ1v) is 8.76. The van der Waals surface area contributed by atoms with Crippen molar-refractivity contribution in [2.75, 3.05) is 7.11 Å². The van der Waals surface area contributed by atoms with Gasteiger partial charge in [0.2, 0.25) is 0 Å². The largest absolute Gasteiger partial charge is 0.469 e. The lowest BCUT2D eigenvalue weighted by molar-refractivity contribution is -0.144. The van der Waals surface area contributed by atoms with Gasteiger partial charge in [0.25, 0.3) is 10.1 Å². The van der Waals surface area contributed by atoms with Gasteiger partial charge in [-0.25, -0.2) is 0 Å². The number of rotatable bonds is 5. The van der Waals surface area contributed by atoms with Gasteiger partial charge in [0, 0.05) is 0 Å². The summed E-state index contributed by atoms with van der Waals surface area (Å²) in [7, 11) is -2.64. The summed E-state index contributed by atoms with van der Waals surface area (Å²) in [5, 5.41) is 0. The van der Waals surface area contributed by atoms with Crippen molar-refractivity contribution in [1.29, 1.82) is 0 Å². The van der Waals surface area contributed by atoms with Crippen LogP contribution in [0, 0.1) is 5.92 Å². The molecule has 1 rings (SSSR count). The zero-order valence-corrected chi connectivity index (χ0v) is 14.7. The van der Waals surface area contributed by atoms with Gasteiger partial charge >= 0.3 is 5.97 Å². The molecule has 0 fully saturated rings. The van der Waals surface area contributed by atoms with Crippen molar-refractivity contribution < 1.29 is 22.5 Å². The first-order valence-electron chi connectivity index (χ1n) is 7.32. The van der Waals surface area contributed by atoms with E-state index in [1.807, 2.05) is 13.8 Å². The summed E-state index contributed by atoms with van der Waals surface area (Å²) in [6, 6.07) is 6.32. The van der Waals surface area contributed by atoms with E-state index in [1.54, 1.807) is 12.1 Å². The van der Waals surface area contributed by atoms with E-state index in [1.165, 1.54) is 19.2 Å². The molecule has 1 N–H and O–H groups in total. The number of hydrogen-bond donors (Lipinski definition) is 1. The third-order valence-corrected chi connectivity index (χ3v) is 4.44. The summed E-state index contributed by atoms with van der Waals surface area (Å²) in [5.41, 5.74) is 1.08. The quantitative estimate of drug-likeness (QED) is 0.658. The maximum Gasteiger partial charge on any atom is 0.308 e. The lowest BCUT2D eigenvalue weighted by Gasteiger charge is -2.08. The van der Waals surface area contributed by atoms with Crippen LogP contribution in [0.3, 0.4) is 0 Å². The Kier molecular flexibility index (Phi) is 8.97. The van der Waals surface area contributed by atoms with Gasteiger partial charge in [-0.3, -0.25) is 9.35 Å². The van der Waals surface area contributed by atoms with E-state index in [4.69, 9.17) is 4.55 Å². The maximum atomic E-state index is 10.7. The van der Waals surface area contributed by atoms with Crippen molar-refractivity contribution in [3.05, 3.63) is 29.8 Å². The standard InChI is InChI=1S/C10H14O3S.C6H12O2/c1-3-8(2)9-4-6-10(7-5-9)14(11,12)13;1-4-5(2)6(7)8-3/h4-8H,3H2,1-2H3,(H,11,12,13);5H,4H2,1-3H3. The highest BCUT2D eigenvalue weighted by atomic mass is 32.2. The molecule has 0 radical (unpaired) electrons. The minimum Gasteiger partial charge on any atom is -0.469 e. The summed E-state index contributed by atoms with van der Waals surface area (Å²) >= 11 is 0. The number of ether oxygens (including phenoxy) is 1. The maximum absolute atomic E-state index is 10.7. The van der Waals surface area contributed by atoms with Gasteiger partial charge in [0.15, 0.2) is 0 Å². The van der Waals surface area contributed by atoms with Crippen LogP contribution >= 0.6 is 0 Å². The molecule has 0 aliphatic heterocycles. The molecule has 0 heterocycles. The number of hydrogen-bond acceptors (Lipinski definition) is 4. The fourth-order valence-corrected chi connectivity index (χ4v) is 2.05. The summed E-state index contributed by atoms with van der Waals surface area (Å²) in [5.74, 6) is 0.345. The Bertz CT molecular complexity index is 548. The highest BCUT2D eigenvalue weighted by Gasteiger charge is 2.10. The molecule has 0 aliphatic carbocycles. The minimum absolute atomic E-state index is 0.0513. The zero-order chi connectivity index (χ0) is 17.3. The molecule has 1 aromatic rings. The van der Waals surface area contributed by atoms with E-state index < -0.39 is 10.1 Å². The van der Waals surface area contributed by atoms with Crippen molar-refractivity contribution in [2.45, 2.75) is 51.3 Å². The number of esters is 1. The molecule has 0 spiro atoms. The monoisotopic (exact) mass is 330 g/mol. The van der Waals surface area contributed by atoms with Crippen molar-refractivity contribution >= 4 is 16.1 Å². The molecule has 1 aromatic carbocycles. The topological polar surface area (TPSA) is 80.7 Å². The van der Waals surface area contributed by atoms with E-state index in [-0.39, 0.29) is 16.8 Å².